The molecule has 0 fully saturated rings. The minimum Gasteiger partial charge on any atom is -0.494 e. The monoisotopic (exact) mass is 343 g/mol. The van der Waals surface area contributed by atoms with Gasteiger partial charge < -0.3 is 15.0 Å². The zero-order valence-electron chi connectivity index (χ0n) is 14.1. The molecular weight excluding hydrogens is 318 g/mol. The third kappa shape index (κ3) is 6.87. The topological polar surface area (TPSA) is 79.0 Å². The first-order valence-electron chi connectivity index (χ1n) is 7.36. The van der Waals surface area contributed by atoms with Gasteiger partial charge in [-0.2, -0.15) is 0 Å². The Morgan fingerprint density at radius 1 is 1.30 bits per heavy atom. The summed E-state index contributed by atoms with van der Waals surface area (Å²) >= 11 is 0. The van der Waals surface area contributed by atoms with Crippen LogP contribution in [0.25, 0.3) is 0 Å². The van der Waals surface area contributed by atoms with Gasteiger partial charge in [0.1, 0.15) is 12.3 Å². The smallest absolute Gasteiger partial charge is 0.240 e. The Hall–Kier alpha value is -1.80. The molecule has 1 N–H and O–H groups in total. The molecule has 0 saturated heterocycles. The van der Waals surface area contributed by atoms with E-state index in [0.717, 1.165) is 10.6 Å². The molecular formula is C15H25N3O4S. The van der Waals surface area contributed by atoms with E-state index in [1.807, 2.05) is 25.9 Å². The van der Waals surface area contributed by atoms with Gasteiger partial charge in [-0.3, -0.25) is 9.10 Å². The summed E-state index contributed by atoms with van der Waals surface area (Å²) in [5.74, 6) is 0.214. The standard InChI is InChI=1S/C15H25N3O4S/c1-5-22-14-8-6-7-13(11-14)18(23(4,20)21)12-15(19)16-9-10-17(2)3/h6-8,11H,5,9-10,12H2,1-4H3,(H,16,19). The number of nitrogens with one attached hydrogen (secondary N) is 1. The van der Waals surface area contributed by atoms with E-state index in [0.29, 0.717) is 31.1 Å². The number of likely N-dealkylation sites (N-methyl/N-ethyl adjacent to an activating group) is 1. The van der Waals surface area contributed by atoms with Crippen molar-refractivity contribution >= 4 is 21.6 Å². The molecule has 1 aromatic rings. The highest BCUT2D eigenvalue weighted by Crippen LogP contribution is 2.23. The van der Waals surface area contributed by atoms with E-state index < -0.39 is 10.0 Å². The van der Waals surface area contributed by atoms with Gasteiger partial charge in [0.2, 0.25) is 15.9 Å². The van der Waals surface area contributed by atoms with Crippen LogP contribution < -0.4 is 14.4 Å². The van der Waals surface area contributed by atoms with Crippen molar-refractivity contribution in [3.63, 3.8) is 0 Å². The zero-order valence-corrected chi connectivity index (χ0v) is 14.9. The van der Waals surface area contributed by atoms with Crippen molar-refractivity contribution in [2.45, 2.75) is 6.92 Å². The summed E-state index contributed by atoms with van der Waals surface area (Å²) in [6, 6.07) is 6.68. The van der Waals surface area contributed by atoms with Crippen LogP contribution in [0, 0.1) is 0 Å². The first kappa shape index (κ1) is 19.2. The number of amides is 1. The van der Waals surface area contributed by atoms with Crippen LogP contribution in [0.2, 0.25) is 0 Å². The van der Waals surface area contributed by atoms with Crippen LogP contribution in [0.5, 0.6) is 5.75 Å². The minimum absolute atomic E-state index is 0.262. The first-order valence-corrected chi connectivity index (χ1v) is 9.21. The molecule has 0 saturated carbocycles. The Morgan fingerprint density at radius 3 is 2.57 bits per heavy atom. The summed E-state index contributed by atoms with van der Waals surface area (Å²) in [6.45, 7) is 3.21. The molecule has 0 aromatic heterocycles. The lowest BCUT2D eigenvalue weighted by Crippen LogP contribution is -2.42. The normalized spacial score (nSPS) is 11.3. The molecule has 0 aliphatic rings. The predicted octanol–water partition coefficient (Wildman–Crippen LogP) is 0.529. The van der Waals surface area contributed by atoms with E-state index in [1.165, 1.54) is 0 Å². The average Bonchev–Trinajstić information content (AvgIpc) is 2.44. The Bertz CT molecular complexity index is 617. The summed E-state index contributed by atoms with van der Waals surface area (Å²) in [5.41, 5.74) is 0.404. The van der Waals surface area contributed by atoms with Crippen molar-refractivity contribution < 1.29 is 17.9 Å². The van der Waals surface area contributed by atoms with Gasteiger partial charge in [0.25, 0.3) is 0 Å². The van der Waals surface area contributed by atoms with Gasteiger partial charge in [-0.1, -0.05) is 6.07 Å². The first-order chi connectivity index (χ1) is 10.7. The van der Waals surface area contributed by atoms with Crippen molar-refractivity contribution in [3.05, 3.63) is 24.3 Å². The van der Waals surface area contributed by atoms with E-state index >= 15 is 0 Å². The maximum absolute atomic E-state index is 12.0. The van der Waals surface area contributed by atoms with E-state index in [-0.39, 0.29) is 12.5 Å². The van der Waals surface area contributed by atoms with Crippen LogP contribution in [0.4, 0.5) is 5.69 Å². The number of hydrogen-bond acceptors (Lipinski definition) is 5. The quantitative estimate of drug-likeness (QED) is 0.707. The fourth-order valence-electron chi connectivity index (χ4n) is 1.90. The molecule has 23 heavy (non-hydrogen) atoms. The number of nitrogens with zero attached hydrogens (tertiary/aromatic N) is 2. The predicted molar refractivity (Wildman–Crippen MR) is 91.4 cm³/mol. The summed E-state index contributed by atoms with van der Waals surface area (Å²) in [7, 11) is 0.214. The molecule has 0 bridgehead atoms. The molecule has 1 rings (SSSR count). The highest BCUT2D eigenvalue weighted by molar-refractivity contribution is 7.92. The highest BCUT2D eigenvalue weighted by Gasteiger charge is 2.21. The summed E-state index contributed by atoms with van der Waals surface area (Å²) in [6.07, 6.45) is 1.08. The Morgan fingerprint density at radius 2 is 2.00 bits per heavy atom. The zero-order chi connectivity index (χ0) is 17.5. The number of hydrogen-bond donors (Lipinski definition) is 1. The van der Waals surface area contributed by atoms with Crippen LogP contribution in [0.1, 0.15) is 6.92 Å². The van der Waals surface area contributed by atoms with Crippen molar-refractivity contribution in [3.8, 4) is 5.75 Å². The molecule has 0 spiro atoms. The average molecular weight is 343 g/mol. The molecule has 130 valence electrons. The number of carbonyl (C=O) groups is 1. The molecule has 0 aliphatic heterocycles. The minimum atomic E-state index is -3.58. The fourth-order valence-corrected chi connectivity index (χ4v) is 2.75. The second kappa shape index (κ2) is 8.73. The molecule has 8 heteroatoms. The van der Waals surface area contributed by atoms with Crippen LogP contribution in [0.3, 0.4) is 0 Å². The Labute approximate surface area is 138 Å². The van der Waals surface area contributed by atoms with Crippen molar-refractivity contribution in [1.82, 2.24) is 10.2 Å². The highest BCUT2D eigenvalue weighted by atomic mass is 32.2. The molecule has 0 unspecified atom stereocenters. The second-order valence-electron chi connectivity index (χ2n) is 5.35. The molecule has 0 heterocycles. The van der Waals surface area contributed by atoms with Gasteiger partial charge in [0, 0.05) is 19.2 Å². The maximum atomic E-state index is 12.0. The van der Waals surface area contributed by atoms with Gasteiger partial charge in [0.15, 0.2) is 0 Å². The van der Waals surface area contributed by atoms with Gasteiger partial charge >= 0.3 is 0 Å². The maximum Gasteiger partial charge on any atom is 0.240 e. The summed E-state index contributed by atoms with van der Waals surface area (Å²) in [5, 5.41) is 2.71. The number of carbonyl (C=O) groups excluding carboxylic acids is 1. The molecule has 0 atom stereocenters. The van der Waals surface area contributed by atoms with Crippen molar-refractivity contribution in [1.29, 1.82) is 0 Å². The SMILES string of the molecule is CCOc1cccc(N(CC(=O)NCCN(C)C)S(C)(=O)=O)c1. The van der Waals surface area contributed by atoms with Crippen molar-refractivity contribution in [2.24, 2.45) is 0 Å². The lowest BCUT2D eigenvalue weighted by Gasteiger charge is -2.22. The van der Waals surface area contributed by atoms with Crippen LogP contribution in [-0.2, 0) is 14.8 Å². The lowest BCUT2D eigenvalue weighted by atomic mass is 10.3. The molecule has 0 aliphatic carbocycles. The number of anilines is 1. The van der Waals surface area contributed by atoms with Crippen LogP contribution in [-0.4, -0.2) is 65.8 Å². The summed E-state index contributed by atoms with van der Waals surface area (Å²) in [4.78, 5) is 13.9. The number of sulfonamides is 1. The van der Waals surface area contributed by atoms with Gasteiger partial charge in [-0.15, -0.1) is 0 Å². The molecule has 7 nitrogen and oxygen atoms in total. The Balaban J connectivity index is 2.85. The Kier molecular flexibility index (Phi) is 7.31. The van der Waals surface area contributed by atoms with E-state index in [9.17, 15) is 13.2 Å². The molecule has 1 amide bonds. The van der Waals surface area contributed by atoms with E-state index in [2.05, 4.69) is 5.32 Å². The van der Waals surface area contributed by atoms with E-state index in [4.69, 9.17) is 4.74 Å². The van der Waals surface area contributed by atoms with Crippen LogP contribution in [0.15, 0.2) is 24.3 Å². The summed E-state index contributed by atoms with van der Waals surface area (Å²) < 4.78 is 30.5. The molecule has 0 radical (unpaired) electrons. The fraction of sp³-hybridized carbons (Fsp3) is 0.533. The van der Waals surface area contributed by atoms with Gasteiger partial charge in [-0.25, -0.2) is 8.42 Å². The van der Waals surface area contributed by atoms with E-state index in [1.54, 1.807) is 24.3 Å². The van der Waals surface area contributed by atoms with Crippen molar-refractivity contribution in [2.75, 3.05) is 50.9 Å². The number of ether oxygens (including phenoxy) is 1. The van der Waals surface area contributed by atoms with Crippen LogP contribution >= 0.6 is 0 Å². The third-order valence-corrected chi connectivity index (χ3v) is 4.13. The second-order valence-corrected chi connectivity index (χ2v) is 7.26. The van der Waals surface area contributed by atoms with Gasteiger partial charge in [-0.05, 0) is 33.2 Å². The lowest BCUT2D eigenvalue weighted by molar-refractivity contribution is -0.119. The van der Waals surface area contributed by atoms with Gasteiger partial charge in [0.05, 0.1) is 18.6 Å². The third-order valence-electron chi connectivity index (χ3n) is 2.99. The number of rotatable bonds is 9. The largest absolute Gasteiger partial charge is 0.494 e. The number of benzene rings is 1. The molecule has 1 aromatic carbocycles.